The average Bonchev–Trinajstić information content (AvgIpc) is 2.85. The first-order chi connectivity index (χ1) is 17.2. The lowest BCUT2D eigenvalue weighted by atomic mass is 10.1. The number of ether oxygens (including phenoxy) is 6. The molecule has 2 N–H and O–H groups in total. The maximum atomic E-state index is 11.8. The predicted octanol–water partition coefficient (Wildman–Crippen LogP) is 0.535. The topological polar surface area (TPSA) is 114 Å². The normalized spacial score (nSPS) is 10.5. The second-order valence-corrected chi connectivity index (χ2v) is 7.22. The lowest BCUT2D eigenvalue weighted by molar-refractivity contribution is -0.121. The van der Waals surface area contributed by atoms with Crippen LogP contribution in [0, 0.1) is 24.7 Å². The van der Waals surface area contributed by atoms with E-state index >= 15 is 0 Å². The summed E-state index contributed by atoms with van der Waals surface area (Å²) in [6.07, 6.45) is 13.3. The summed E-state index contributed by atoms with van der Waals surface area (Å²) in [5, 5.41) is 5.62. The first kappa shape index (κ1) is 32.8. The molecule has 0 radical (unpaired) electrons. The molecule has 0 aliphatic carbocycles. The molecule has 0 rings (SSSR count). The smallest absolute Gasteiger partial charge is 0.220 e. The lowest BCUT2D eigenvalue weighted by Crippen LogP contribution is -2.28. The van der Waals surface area contributed by atoms with E-state index in [1.54, 1.807) is 0 Å². The Labute approximate surface area is 210 Å². The van der Waals surface area contributed by atoms with Gasteiger partial charge in [0.2, 0.25) is 11.8 Å². The summed E-state index contributed by atoms with van der Waals surface area (Å²) in [5.41, 5.74) is 0. The minimum absolute atomic E-state index is 0.0128. The van der Waals surface area contributed by atoms with Gasteiger partial charge in [-0.05, 0) is 12.8 Å². The molecule has 0 aromatic carbocycles. The molecule has 10 nitrogen and oxygen atoms in total. The molecule has 0 bridgehead atoms. The van der Waals surface area contributed by atoms with Gasteiger partial charge in [-0.25, -0.2) is 0 Å². The van der Waals surface area contributed by atoms with Gasteiger partial charge in [-0.15, -0.1) is 12.8 Å². The Bertz CT molecular complexity index is 539. The SMILES string of the molecule is C#CCOCCOCCOCCNC(=O)CCCCCC(=O)NCCOCCOCCOCC#C. The van der Waals surface area contributed by atoms with E-state index in [1.807, 2.05) is 0 Å². The van der Waals surface area contributed by atoms with Crippen molar-refractivity contribution in [1.82, 2.24) is 10.6 Å². The first-order valence-corrected chi connectivity index (χ1v) is 12.1. The van der Waals surface area contributed by atoms with E-state index in [0.717, 1.165) is 19.3 Å². The van der Waals surface area contributed by atoms with Gasteiger partial charge in [-0.3, -0.25) is 9.59 Å². The highest BCUT2D eigenvalue weighted by atomic mass is 16.5. The van der Waals surface area contributed by atoms with Crippen molar-refractivity contribution in [2.45, 2.75) is 32.1 Å². The van der Waals surface area contributed by atoms with Crippen LogP contribution in [-0.4, -0.2) is 104 Å². The molecule has 0 saturated carbocycles. The Hall–Kier alpha value is -2.18. The van der Waals surface area contributed by atoms with E-state index < -0.39 is 0 Å². The summed E-state index contributed by atoms with van der Waals surface area (Å²) in [6, 6.07) is 0. The summed E-state index contributed by atoms with van der Waals surface area (Å²) >= 11 is 0. The fraction of sp³-hybridized carbons (Fsp3) is 0.760. The molecule has 0 aromatic rings. The highest BCUT2D eigenvalue weighted by Gasteiger charge is 2.03. The van der Waals surface area contributed by atoms with Gasteiger partial charge in [0, 0.05) is 25.9 Å². The molecular weight excluding hydrogens is 456 g/mol. The summed E-state index contributed by atoms with van der Waals surface area (Å²) in [7, 11) is 0. The first-order valence-electron chi connectivity index (χ1n) is 12.1. The summed E-state index contributed by atoms with van der Waals surface area (Å²) in [5.74, 6) is 4.73. The van der Waals surface area contributed by atoms with E-state index in [9.17, 15) is 9.59 Å². The third-order valence-electron chi connectivity index (χ3n) is 4.30. The van der Waals surface area contributed by atoms with Crippen molar-refractivity contribution in [2.24, 2.45) is 0 Å². The van der Waals surface area contributed by atoms with Gasteiger partial charge < -0.3 is 39.1 Å². The van der Waals surface area contributed by atoms with Gasteiger partial charge >= 0.3 is 0 Å². The van der Waals surface area contributed by atoms with E-state index in [-0.39, 0.29) is 25.0 Å². The van der Waals surface area contributed by atoms with Gasteiger partial charge in [-0.1, -0.05) is 18.3 Å². The van der Waals surface area contributed by atoms with Gasteiger partial charge in [0.15, 0.2) is 0 Å². The maximum Gasteiger partial charge on any atom is 0.220 e. The summed E-state index contributed by atoms with van der Waals surface area (Å²) in [4.78, 5) is 23.6. The highest BCUT2D eigenvalue weighted by molar-refractivity contribution is 5.76. The number of terminal acetylenes is 2. The second-order valence-electron chi connectivity index (χ2n) is 7.22. The molecule has 35 heavy (non-hydrogen) atoms. The van der Waals surface area contributed by atoms with Crippen LogP contribution in [0.25, 0.3) is 0 Å². The number of amides is 2. The number of unbranched alkanes of at least 4 members (excludes halogenated alkanes) is 2. The predicted molar refractivity (Wildman–Crippen MR) is 132 cm³/mol. The monoisotopic (exact) mass is 498 g/mol. The van der Waals surface area contributed by atoms with Crippen LogP contribution in [0.4, 0.5) is 0 Å². The Morgan fingerprint density at radius 1 is 0.514 bits per heavy atom. The Kier molecular flexibility index (Phi) is 26.3. The van der Waals surface area contributed by atoms with Crippen LogP contribution in [0.15, 0.2) is 0 Å². The molecule has 0 spiro atoms. The van der Waals surface area contributed by atoms with E-state index in [0.29, 0.717) is 92.0 Å². The number of rotatable bonds is 26. The van der Waals surface area contributed by atoms with Crippen LogP contribution in [-0.2, 0) is 38.0 Å². The molecule has 10 heteroatoms. The minimum Gasteiger partial charge on any atom is -0.377 e. The van der Waals surface area contributed by atoms with Gasteiger partial charge in [0.25, 0.3) is 0 Å². The van der Waals surface area contributed by atoms with Gasteiger partial charge in [-0.2, -0.15) is 0 Å². The van der Waals surface area contributed by atoms with Gasteiger partial charge in [0.1, 0.15) is 13.2 Å². The Morgan fingerprint density at radius 2 is 0.857 bits per heavy atom. The maximum absolute atomic E-state index is 11.8. The summed E-state index contributed by atoms with van der Waals surface area (Å²) < 4.78 is 31.5. The Morgan fingerprint density at radius 3 is 1.23 bits per heavy atom. The second kappa shape index (κ2) is 28.1. The van der Waals surface area contributed by atoms with Gasteiger partial charge in [0.05, 0.1) is 66.1 Å². The molecule has 0 unspecified atom stereocenters. The van der Waals surface area contributed by atoms with E-state index in [1.165, 1.54) is 0 Å². The minimum atomic E-state index is -0.0128. The number of hydrogen-bond donors (Lipinski definition) is 2. The molecule has 0 aliphatic heterocycles. The number of hydrogen-bond acceptors (Lipinski definition) is 8. The third kappa shape index (κ3) is 27.9. The molecule has 0 saturated heterocycles. The number of carbonyl (C=O) groups is 2. The molecule has 0 atom stereocenters. The number of carbonyl (C=O) groups excluding carboxylic acids is 2. The lowest BCUT2D eigenvalue weighted by Gasteiger charge is -2.08. The fourth-order valence-corrected chi connectivity index (χ4v) is 2.59. The molecule has 0 aliphatic rings. The van der Waals surface area contributed by atoms with Crippen molar-refractivity contribution in [3.63, 3.8) is 0 Å². The zero-order valence-electron chi connectivity index (χ0n) is 20.9. The molecule has 0 heterocycles. The fourth-order valence-electron chi connectivity index (χ4n) is 2.59. The van der Waals surface area contributed by atoms with Crippen molar-refractivity contribution in [1.29, 1.82) is 0 Å². The van der Waals surface area contributed by atoms with Crippen LogP contribution in [0.3, 0.4) is 0 Å². The molecular formula is C25H42N2O8. The van der Waals surface area contributed by atoms with E-state index in [4.69, 9.17) is 41.3 Å². The van der Waals surface area contributed by atoms with Crippen molar-refractivity contribution in [3.8, 4) is 24.7 Å². The molecule has 0 aromatic heterocycles. The zero-order valence-corrected chi connectivity index (χ0v) is 20.9. The zero-order chi connectivity index (χ0) is 25.7. The van der Waals surface area contributed by atoms with Crippen LogP contribution < -0.4 is 10.6 Å². The largest absolute Gasteiger partial charge is 0.377 e. The molecule has 200 valence electrons. The van der Waals surface area contributed by atoms with Crippen molar-refractivity contribution in [2.75, 3.05) is 92.4 Å². The van der Waals surface area contributed by atoms with Crippen LogP contribution in [0.2, 0.25) is 0 Å². The third-order valence-corrected chi connectivity index (χ3v) is 4.30. The summed E-state index contributed by atoms with van der Waals surface area (Å²) in [6.45, 7) is 6.07. The van der Waals surface area contributed by atoms with Crippen LogP contribution in [0.5, 0.6) is 0 Å². The van der Waals surface area contributed by atoms with Crippen molar-refractivity contribution < 1.29 is 38.0 Å². The Balaban J connectivity index is 3.29. The molecule has 2 amide bonds. The standard InChI is InChI=1S/C25H42N2O8/c1-3-12-30-16-20-34-22-18-32-14-10-26-24(28)8-6-5-7-9-25(29)27-11-15-33-19-23-35-21-17-31-13-4-2/h1-2H,5-23H2,(H,26,28)(H,27,29). The quantitative estimate of drug-likeness (QED) is 0.131. The van der Waals surface area contributed by atoms with E-state index in [2.05, 4.69) is 22.5 Å². The molecule has 0 fully saturated rings. The van der Waals surface area contributed by atoms with Crippen LogP contribution >= 0.6 is 0 Å². The van der Waals surface area contributed by atoms with Crippen molar-refractivity contribution in [3.05, 3.63) is 0 Å². The highest BCUT2D eigenvalue weighted by Crippen LogP contribution is 2.03. The van der Waals surface area contributed by atoms with Crippen molar-refractivity contribution >= 4 is 11.8 Å². The van der Waals surface area contributed by atoms with Crippen LogP contribution in [0.1, 0.15) is 32.1 Å². The number of nitrogens with one attached hydrogen (secondary N) is 2. The average molecular weight is 499 g/mol.